The Bertz CT molecular complexity index is 448. The van der Waals surface area contributed by atoms with Crippen molar-refractivity contribution in [3.63, 3.8) is 0 Å². The van der Waals surface area contributed by atoms with Crippen molar-refractivity contribution >= 4 is 6.09 Å². The van der Waals surface area contributed by atoms with E-state index < -0.39 is 0 Å². The fraction of sp³-hybridized carbons (Fsp3) is 0.643. The highest BCUT2D eigenvalue weighted by molar-refractivity contribution is 5.69. The number of carbonyl (C=O) groups excluding carboxylic acids is 1. The van der Waals surface area contributed by atoms with Crippen molar-refractivity contribution in [2.75, 3.05) is 13.1 Å². The topological polar surface area (TPSA) is 55.3 Å². The molecule has 0 bridgehead atoms. The van der Waals surface area contributed by atoms with E-state index >= 15 is 0 Å². The highest BCUT2D eigenvalue weighted by Gasteiger charge is 2.21. The maximum Gasteiger partial charge on any atom is 0.417 e. The summed E-state index contributed by atoms with van der Waals surface area (Å²) in [5, 5.41) is 0. The van der Waals surface area contributed by atoms with Gasteiger partial charge in [0.1, 0.15) is 0 Å². The Morgan fingerprint density at radius 3 is 2.58 bits per heavy atom. The lowest BCUT2D eigenvalue weighted by Gasteiger charge is -2.25. The maximum atomic E-state index is 12.0. The fourth-order valence-corrected chi connectivity index (χ4v) is 2.03. The summed E-state index contributed by atoms with van der Waals surface area (Å²) in [6, 6.07) is 1.99. The lowest BCUT2D eigenvalue weighted by Crippen LogP contribution is -2.38. The van der Waals surface area contributed by atoms with Crippen molar-refractivity contribution in [1.29, 1.82) is 0 Å². The van der Waals surface area contributed by atoms with Gasteiger partial charge < -0.3 is 9.64 Å². The van der Waals surface area contributed by atoms with E-state index in [4.69, 9.17) is 4.74 Å². The average Bonchev–Trinajstić information content (AvgIpc) is 2.39. The molecule has 1 aliphatic heterocycles. The Labute approximate surface area is 114 Å². The Hall–Kier alpha value is -1.65. The summed E-state index contributed by atoms with van der Waals surface area (Å²) in [5.41, 5.74) is 0.777. The van der Waals surface area contributed by atoms with Gasteiger partial charge in [0.2, 0.25) is 0 Å². The highest BCUT2D eigenvalue weighted by atomic mass is 16.6. The van der Waals surface area contributed by atoms with Crippen LogP contribution >= 0.6 is 0 Å². The molecular weight excluding hydrogens is 242 g/mol. The van der Waals surface area contributed by atoms with Crippen molar-refractivity contribution in [3.05, 3.63) is 18.0 Å². The highest BCUT2D eigenvalue weighted by Crippen LogP contribution is 2.21. The molecule has 1 amide bonds. The van der Waals surface area contributed by atoms with Crippen LogP contribution in [0, 0.1) is 0 Å². The van der Waals surface area contributed by atoms with Gasteiger partial charge in [0.15, 0.2) is 0 Å². The van der Waals surface area contributed by atoms with E-state index in [0.29, 0.717) is 0 Å². The standard InChI is InChI=1S/C14H21N3O2/c1-14(2,3)11-7-8-15-12(16-11)19-13(18)17-9-5-4-6-10-17/h7-8H,4-6,9-10H2,1-3H3. The molecule has 2 rings (SSSR count). The normalized spacial score (nSPS) is 16.3. The number of rotatable bonds is 1. The first-order valence-corrected chi connectivity index (χ1v) is 6.77. The summed E-state index contributed by atoms with van der Waals surface area (Å²) in [4.78, 5) is 22.0. The van der Waals surface area contributed by atoms with Crippen LogP contribution in [0.1, 0.15) is 45.7 Å². The molecule has 0 radical (unpaired) electrons. The van der Waals surface area contributed by atoms with Gasteiger partial charge in [0.05, 0.1) is 5.69 Å². The summed E-state index contributed by atoms with van der Waals surface area (Å²) in [7, 11) is 0. The number of hydrogen-bond donors (Lipinski definition) is 0. The molecule has 104 valence electrons. The van der Waals surface area contributed by atoms with E-state index in [1.165, 1.54) is 6.42 Å². The molecule has 1 fully saturated rings. The number of ether oxygens (including phenoxy) is 1. The zero-order valence-corrected chi connectivity index (χ0v) is 11.8. The molecule has 0 N–H and O–H groups in total. The lowest BCUT2D eigenvalue weighted by molar-refractivity contribution is 0.138. The molecule has 0 atom stereocenters. The number of amides is 1. The van der Waals surface area contributed by atoms with E-state index in [0.717, 1.165) is 31.6 Å². The van der Waals surface area contributed by atoms with Crippen molar-refractivity contribution in [3.8, 4) is 6.01 Å². The van der Waals surface area contributed by atoms with E-state index in [9.17, 15) is 4.79 Å². The third-order valence-electron chi connectivity index (χ3n) is 3.19. The molecule has 19 heavy (non-hydrogen) atoms. The second kappa shape index (κ2) is 5.55. The third-order valence-corrected chi connectivity index (χ3v) is 3.19. The van der Waals surface area contributed by atoms with Gasteiger partial charge in [-0.1, -0.05) is 20.8 Å². The molecule has 5 nitrogen and oxygen atoms in total. The van der Waals surface area contributed by atoms with Crippen LogP contribution in [0.2, 0.25) is 0 Å². The largest absolute Gasteiger partial charge is 0.417 e. The molecule has 1 saturated heterocycles. The smallest absolute Gasteiger partial charge is 0.374 e. The van der Waals surface area contributed by atoms with Crippen LogP contribution in [0.5, 0.6) is 6.01 Å². The van der Waals surface area contributed by atoms with E-state index in [1.807, 2.05) is 6.07 Å². The Balaban J connectivity index is 2.04. The molecule has 0 unspecified atom stereocenters. The molecule has 0 saturated carbocycles. The second-order valence-electron chi connectivity index (χ2n) is 5.89. The van der Waals surface area contributed by atoms with Gasteiger partial charge in [-0.05, 0) is 25.3 Å². The van der Waals surface area contributed by atoms with Crippen molar-refractivity contribution < 1.29 is 9.53 Å². The Kier molecular flexibility index (Phi) is 4.02. The molecular formula is C14H21N3O2. The van der Waals surface area contributed by atoms with E-state index in [1.54, 1.807) is 11.1 Å². The summed E-state index contributed by atoms with van der Waals surface area (Å²) in [6.45, 7) is 7.71. The van der Waals surface area contributed by atoms with Crippen molar-refractivity contribution in [1.82, 2.24) is 14.9 Å². The van der Waals surface area contributed by atoms with Crippen LogP contribution in [0.4, 0.5) is 4.79 Å². The molecule has 1 aromatic heterocycles. The monoisotopic (exact) mass is 263 g/mol. The summed E-state index contributed by atoms with van der Waals surface area (Å²) < 4.78 is 5.25. The first-order valence-electron chi connectivity index (χ1n) is 6.77. The number of hydrogen-bond acceptors (Lipinski definition) is 4. The minimum absolute atomic E-state index is 0.0881. The number of likely N-dealkylation sites (tertiary alicyclic amines) is 1. The maximum absolute atomic E-state index is 12.0. The lowest BCUT2D eigenvalue weighted by atomic mass is 9.92. The van der Waals surface area contributed by atoms with E-state index in [-0.39, 0.29) is 17.5 Å². The summed E-state index contributed by atoms with van der Waals surface area (Å²) in [6.07, 6.45) is 4.55. The van der Waals surface area contributed by atoms with Crippen LogP contribution in [0.15, 0.2) is 12.3 Å². The average molecular weight is 263 g/mol. The molecule has 5 heteroatoms. The quantitative estimate of drug-likeness (QED) is 0.781. The molecule has 0 aromatic carbocycles. The first-order chi connectivity index (χ1) is 8.97. The Morgan fingerprint density at radius 2 is 1.95 bits per heavy atom. The predicted molar refractivity (Wildman–Crippen MR) is 72.2 cm³/mol. The molecule has 0 spiro atoms. The van der Waals surface area contributed by atoms with Crippen LogP contribution in [0.25, 0.3) is 0 Å². The molecule has 2 heterocycles. The summed E-state index contributed by atoms with van der Waals surface area (Å²) in [5.74, 6) is 0. The van der Waals surface area contributed by atoms with Gasteiger partial charge in [0, 0.05) is 24.7 Å². The van der Waals surface area contributed by atoms with E-state index in [2.05, 4.69) is 30.7 Å². The van der Waals surface area contributed by atoms with Gasteiger partial charge in [-0.25, -0.2) is 9.78 Å². The number of carbonyl (C=O) groups is 1. The number of nitrogens with zero attached hydrogens (tertiary/aromatic N) is 3. The predicted octanol–water partition coefficient (Wildman–Crippen LogP) is 2.76. The van der Waals surface area contributed by atoms with Crippen LogP contribution in [-0.2, 0) is 5.41 Å². The SMILES string of the molecule is CC(C)(C)c1ccnc(OC(=O)N2CCCCC2)n1. The van der Waals surface area contributed by atoms with Crippen LogP contribution in [-0.4, -0.2) is 34.1 Å². The minimum Gasteiger partial charge on any atom is -0.374 e. The van der Waals surface area contributed by atoms with Crippen LogP contribution < -0.4 is 4.74 Å². The van der Waals surface area contributed by atoms with Crippen LogP contribution in [0.3, 0.4) is 0 Å². The van der Waals surface area contributed by atoms with Gasteiger partial charge in [0.25, 0.3) is 0 Å². The third kappa shape index (κ3) is 3.66. The second-order valence-corrected chi connectivity index (χ2v) is 5.89. The van der Waals surface area contributed by atoms with Gasteiger partial charge >= 0.3 is 12.1 Å². The number of aromatic nitrogens is 2. The number of piperidine rings is 1. The zero-order chi connectivity index (χ0) is 13.9. The van der Waals surface area contributed by atoms with Gasteiger partial charge in [-0.15, -0.1) is 0 Å². The fourth-order valence-electron chi connectivity index (χ4n) is 2.03. The van der Waals surface area contributed by atoms with Gasteiger partial charge in [-0.3, -0.25) is 0 Å². The zero-order valence-electron chi connectivity index (χ0n) is 11.8. The molecule has 1 aliphatic rings. The van der Waals surface area contributed by atoms with Gasteiger partial charge in [-0.2, -0.15) is 4.98 Å². The molecule has 1 aromatic rings. The van der Waals surface area contributed by atoms with Crippen molar-refractivity contribution in [2.45, 2.75) is 45.4 Å². The Morgan fingerprint density at radius 1 is 1.26 bits per heavy atom. The van der Waals surface area contributed by atoms with Crippen molar-refractivity contribution in [2.24, 2.45) is 0 Å². The minimum atomic E-state index is -0.342. The molecule has 0 aliphatic carbocycles. The summed E-state index contributed by atoms with van der Waals surface area (Å²) >= 11 is 0. The first kappa shape index (κ1) is 13.8.